The van der Waals surface area contributed by atoms with Gasteiger partial charge in [-0.05, 0) is 183 Å². The summed E-state index contributed by atoms with van der Waals surface area (Å²) in [6, 6.07) is 127. The summed E-state index contributed by atoms with van der Waals surface area (Å²) in [7, 11) is 6.38. The maximum absolute atomic E-state index is 9.10. The first-order valence-corrected chi connectivity index (χ1v) is 41.8. The number of benzene rings is 18. The number of aromatic nitrogens is 8. The molecule has 0 bridgehead atoms. The molecule has 0 amide bonds. The predicted octanol–water partition coefficient (Wildman–Crippen LogP) is 27.1. The zero-order valence-electron chi connectivity index (χ0n) is 68.5. The van der Waals surface area contributed by atoms with Crippen LogP contribution < -0.4 is 5.46 Å². The van der Waals surface area contributed by atoms with E-state index in [2.05, 4.69) is 252 Å². The van der Waals surface area contributed by atoms with E-state index >= 15 is 0 Å². The van der Waals surface area contributed by atoms with Crippen molar-refractivity contribution in [2.24, 2.45) is 0 Å². The number of halogens is 1. The molecule has 4 aromatic heterocycles. The lowest BCUT2D eigenvalue weighted by Crippen LogP contribution is -2.44. The Hall–Kier alpha value is -15.1. The second-order valence-electron chi connectivity index (χ2n) is 31.6. The summed E-state index contributed by atoms with van der Waals surface area (Å²) >= 11 is 3.77. The molecule has 2 radical (unpaired) electrons. The van der Waals surface area contributed by atoms with E-state index in [-0.39, 0.29) is 0 Å². The molecule has 0 aliphatic carbocycles. The van der Waals surface area contributed by atoms with Crippen molar-refractivity contribution in [1.82, 2.24) is 39.9 Å². The molecule has 0 fully saturated rings. The van der Waals surface area contributed by atoms with E-state index in [1.165, 1.54) is 86.2 Å². The van der Waals surface area contributed by atoms with Gasteiger partial charge < -0.3 is 10.2 Å². The fraction of sp³-hybridized carbons (Fsp3) is 0.0536. The Bertz CT molecular complexity index is 7680. The molecule has 0 spiro atoms. The molecule has 0 saturated carbocycles. The highest BCUT2D eigenvalue weighted by molar-refractivity contribution is 9.10. The maximum atomic E-state index is 9.10. The fourth-order valence-electron chi connectivity index (χ4n) is 16.3. The van der Waals surface area contributed by atoms with Crippen molar-refractivity contribution in [3.8, 4) is 115 Å². The van der Waals surface area contributed by atoms with Crippen LogP contribution in [0.4, 0.5) is 0 Å². The average Bonchev–Trinajstić information content (AvgIpc) is 0.719. The Morgan fingerprint density at radius 3 is 0.847 bits per heavy atom. The van der Waals surface area contributed by atoms with Gasteiger partial charge in [-0.25, -0.2) is 29.9 Å². The molecular formula is C112H80BBrN8O2. The highest BCUT2D eigenvalue weighted by Gasteiger charge is 2.32. The van der Waals surface area contributed by atoms with Crippen LogP contribution in [-0.4, -0.2) is 69.1 Å². The van der Waals surface area contributed by atoms with Crippen LogP contribution in [-0.2, 0) is 0 Å². The number of hydrogen-bond donors (Lipinski definition) is 2. The third-order valence-electron chi connectivity index (χ3n) is 23.0. The Morgan fingerprint density at radius 1 is 0.234 bits per heavy atom. The lowest BCUT2D eigenvalue weighted by molar-refractivity contribution is -0.107. The van der Waals surface area contributed by atoms with Crippen molar-refractivity contribution in [3.05, 3.63) is 393 Å². The van der Waals surface area contributed by atoms with Crippen LogP contribution in [0.25, 0.3) is 209 Å². The Morgan fingerprint density at radius 2 is 0.476 bits per heavy atom. The monoisotopic (exact) mass is 1660 g/mol. The van der Waals surface area contributed by atoms with Crippen molar-refractivity contribution in [3.63, 3.8) is 0 Å². The van der Waals surface area contributed by atoms with Gasteiger partial charge in [0.05, 0.1) is 11.2 Å². The van der Waals surface area contributed by atoms with Gasteiger partial charge in [-0.3, -0.25) is 9.97 Å². The van der Waals surface area contributed by atoms with E-state index < -0.39 is 11.2 Å². The molecule has 18 aromatic carbocycles. The van der Waals surface area contributed by atoms with E-state index in [9.17, 15) is 0 Å². The van der Waals surface area contributed by atoms with Gasteiger partial charge >= 0.3 is 0 Å². The number of aliphatic hydroxyl groups is 2. The van der Waals surface area contributed by atoms with Crippen LogP contribution in [0, 0.1) is 12.8 Å². The van der Waals surface area contributed by atoms with Gasteiger partial charge in [0.25, 0.3) is 0 Å². The van der Waals surface area contributed by atoms with Gasteiger partial charge in [-0.2, -0.15) is 0 Å². The van der Waals surface area contributed by atoms with Gasteiger partial charge in [0.2, 0.25) is 0 Å². The second-order valence-corrected chi connectivity index (χ2v) is 32.4. The molecule has 22 rings (SSSR count). The van der Waals surface area contributed by atoms with Crippen LogP contribution in [0.15, 0.2) is 393 Å². The molecule has 2 N–H and O–H groups in total. The van der Waals surface area contributed by atoms with Crippen molar-refractivity contribution in [1.29, 1.82) is 0 Å². The second kappa shape index (κ2) is 34.6. The summed E-state index contributed by atoms with van der Waals surface area (Å²) in [5, 5.41) is 43.0. The number of pyridine rings is 2. The van der Waals surface area contributed by atoms with Gasteiger partial charge in [-0.15, -0.1) is 12.8 Å². The SMILES string of the molecule is Brc1cc2c3ccccc3c3ccccc3c2c2ccccc12.C#C.CC(C)(O)C(C)(C)O.[B]c1cc(-c2nc(-c3ccccc3)nc(-c3ccccc3)n2)cc(-c2cncc3ccccc23)c1.c1ccc(-c2nc(-c3ccccc3)nc(-c3cc(-c4cncc5ccccc45)cc(-c4cc5c6ccccc6c6ccccc6c5c5ccccc45)c3)n2)cc1. The van der Waals surface area contributed by atoms with Gasteiger partial charge in [0.15, 0.2) is 34.9 Å². The predicted molar refractivity (Wildman–Crippen MR) is 521 cm³/mol. The van der Waals surface area contributed by atoms with Crippen molar-refractivity contribution in [2.75, 3.05) is 0 Å². The maximum Gasteiger partial charge on any atom is 0.164 e. The average molecular weight is 1660 g/mol. The minimum atomic E-state index is -1.01. The lowest BCUT2D eigenvalue weighted by atomic mass is 9.86. The van der Waals surface area contributed by atoms with E-state index in [0.29, 0.717) is 40.4 Å². The van der Waals surface area contributed by atoms with Crippen molar-refractivity contribution in [2.45, 2.75) is 38.9 Å². The van der Waals surface area contributed by atoms with Crippen molar-refractivity contribution >= 4 is 137 Å². The number of rotatable bonds is 10. The Labute approximate surface area is 728 Å². The molecule has 0 aliphatic rings. The van der Waals surface area contributed by atoms with Crippen LogP contribution in [0.5, 0.6) is 0 Å². The minimum Gasteiger partial charge on any atom is -0.387 e. The molecule has 0 aliphatic heterocycles. The third kappa shape index (κ3) is 16.0. The molecule has 12 heteroatoms. The molecule has 0 unspecified atom stereocenters. The van der Waals surface area contributed by atoms with E-state index in [1.54, 1.807) is 27.7 Å². The van der Waals surface area contributed by atoms with E-state index in [1.807, 2.05) is 170 Å². The summed E-state index contributed by atoms with van der Waals surface area (Å²) in [6.07, 6.45) is 15.6. The topological polar surface area (TPSA) is 144 Å². The molecule has 10 nitrogen and oxygen atoms in total. The quantitative estimate of drug-likeness (QED) is 0.0771. The van der Waals surface area contributed by atoms with Crippen molar-refractivity contribution < 1.29 is 10.2 Å². The number of hydrogen-bond acceptors (Lipinski definition) is 10. The molecule has 22 aromatic rings. The van der Waals surface area contributed by atoms with E-state index in [0.717, 1.165) is 92.8 Å². The summed E-state index contributed by atoms with van der Waals surface area (Å²) in [5.41, 5.74) is 10.3. The first-order valence-electron chi connectivity index (χ1n) is 41.0. The first-order chi connectivity index (χ1) is 60.6. The van der Waals surface area contributed by atoms with Crippen LogP contribution >= 0.6 is 15.9 Å². The summed E-state index contributed by atoms with van der Waals surface area (Å²) < 4.78 is 1.15. The van der Waals surface area contributed by atoms with Gasteiger partial charge in [-0.1, -0.05) is 349 Å². The zero-order valence-corrected chi connectivity index (χ0v) is 70.1. The Balaban J connectivity index is 0.000000130. The number of terminal acetylenes is 1. The smallest absolute Gasteiger partial charge is 0.164 e. The minimum absolute atomic E-state index is 0.569. The highest BCUT2D eigenvalue weighted by atomic mass is 79.9. The molecule has 4 heterocycles. The largest absolute Gasteiger partial charge is 0.387 e. The molecular weight excluding hydrogens is 1580 g/mol. The third-order valence-corrected chi connectivity index (χ3v) is 23.7. The first kappa shape index (κ1) is 80.0. The van der Waals surface area contributed by atoms with Gasteiger partial charge in [0, 0.05) is 84.5 Å². The van der Waals surface area contributed by atoms with Crippen LogP contribution in [0.2, 0.25) is 0 Å². The normalized spacial score (nSPS) is 11.4. The number of fused-ring (bicyclic) bond motifs is 18. The molecule has 590 valence electrons. The zero-order chi connectivity index (χ0) is 85.0. The number of nitrogens with zero attached hydrogens (tertiary/aromatic N) is 8. The van der Waals surface area contributed by atoms with Crippen LogP contribution in [0.3, 0.4) is 0 Å². The highest BCUT2D eigenvalue weighted by Crippen LogP contribution is 2.47. The molecule has 0 saturated heterocycles. The fourth-order valence-corrected chi connectivity index (χ4v) is 16.9. The van der Waals surface area contributed by atoms with Gasteiger partial charge in [0.1, 0.15) is 7.85 Å². The summed E-state index contributed by atoms with van der Waals surface area (Å²) in [6.45, 7) is 6.31. The lowest BCUT2D eigenvalue weighted by Gasteiger charge is -2.31. The Kier molecular flexibility index (Phi) is 22.3. The molecule has 0 atom stereocenters. The standard InChI is InChI=1S/C52H32N4.C30H19BN4.C22H13Br.C6H14O2.C2H2/c1-3-15-33(16-4-1)50-54-51(34-17-5-2-6-18-34)56-52(55-50)38-28-36(27-37(29-38)48-32-53-31-35-19-7-8-20-39(35)48)46-30-47-42-23-10-9-21-40(42)41-22-11-13-25-44(41)49(47)45-26-14-12-24-43(45)46;31-25-16-23(27-19-32-18-22-13-7-8-14-26(22)27)15-24(17-25)30-34-28(20-9-3-1-4-10-20)33-29(35-30)21-11-5-2-6-12-21;23-21-13-20-16-9-2-1-7-14(16)15-8-3-5-11-18(15)22(20)19-12-6-4-10-17(19)21;1-5(2,7)6(3,4)8;1-2/h1-32H;1-19H;1-13H;7-8H,1-4H3;1-2H. The summed E-state index contributed by atoms with van der Waals surface area (Å²) in [5.74, 6) is 3.66. The summed E-state index contributed by atoms with van der Waals surface area (Å²) in [4.78, 5) is 39.0. The van der Waals surface area contributed by atoms with Crippen LogP contribution in [0.1, 0.15) is 27.7 Å². The van der Waals surface area contributed by atoms with E-state index in [4.69, 9.17) is 52.9 Å². The molecule has 124 heavy (non-hydrogen) atoms.